The zero-order chi connectivity index (χ0) is 5.91. The molecule has 0 radical (unpaired) electrons. The maximum Gasteiger partial charge on any atom is 2.00 e. The fourth-order valence-electron chi connectivity index (χ4n) is 0.0527. The van der Waals surface area contributed by atoms with E-state index in [1.807, 2.05) is 0 Å². The third-order valence-corrected chi connectivity index (χ3v) is 0.516. The Morgan fingerprint density at radius 3 is 1.88 bits per heavy atom. The Morgan fingerprint density at radius 2 is 1.88 bits per heavy atom. The van der Waals surface area contributed by atoms with E-state index in [4.69, 9.17) is 4.70 Å². The summed E-state index contributed by atoms with van der Waals surface area (Å²) in [5.74, 6) is 0. The molecule has 0 aliphatic heterocycles. The van der Waals surface area contributed by atoms with E-state index < -0.39 is 15.2 Å². The van der Waals surface area contributed by atoms with Crippen LogP contribution in [-0.2, 0) is 13.7 Å². The molecule has 0 aromatic heterocycles. The summed E-state index contributed by atoms with van der Waals surface area (Å²) in [4.78, 5) is 18.5. The maximum absolute atomic E-state index is 9.25. The number of rotatable bonds is 2. The molecule has 0 heterocycles. The van der Waals surface area contributed by atoms with E-state index in [0.717, 1.165) is 0 Å². The minimum atomic E-state index is -5.03. The molecule has 0 aromatic carbocycles. The van der Waals surface area contributed by atoms with Crippen LogP contribution in [0.5, 0.6) is 0 Å². The molecule has 0 spiro atoms. The monoisotopic (exact) mass is 210 g/mol. The van der Waals surface area contributed by atoms with Gasteiger partial charge in [0.15, 0.2) is 0 Å². The van der Waals surface area contributed by atoms with Gasteiger partial charge in [0.25, 0.3) is 0 Å². The van der Waals surface area contributed by atoms with Gasteiger partial charge in [0.05, 0.1) is 0 Å². The van der Waals surface area contributed by atoms with Crippen LogP contribution in [0, 0.1) is 0 Å². The van der Waals surface area contributed by atoms with Crippen molar-refractivity contribution in [3.8, 4) is 0 Å². The SMILES string of the molecule is O=BOP(=O)([O-])[O-].[Sr+2]. The molecular weight excluding hydrogens is 209 g/mol. The van der Waals surface area contributed by atoms with Gasteiger partial charge < -0.3 is 0 Å². The Labute approximate surface area is 83.2 Å². The van der Waals surface area contributed by atoms with E-state index in [1.54, 1.807) is 0 Å². The molecule has 0 aromatic rings. The molecule has 0 rings (SSSR count). The molecule has 40 valence electrons. The predicted octanol–water partition coefficient (Wildman–Crippen LogP) is -2.58. The van der Waals surface area contributed by atoms with Crippen LogP contribution in [0.25, 0.3) is 0 Å². The van der Waals surface area contributed by atoms with E-state index in [9.17, 15) is 14.4 Å². The van der Waals surface area contributed by atoms with Gasteiger partial charge in [0.1, 0.15) is 0 Å². The fourth-order valence-corrected chi connectivity index (χ4v) is 0.158. The summed E-state index contributed by atoms with van der Waals surface area (Å²) in [6, 6.07) is 0. The number of hydrogen-bond donors (Lipinski definition) is 0. The van der Waals surface area contributed by atoms with Gasteiger partial charge in [-0.2, -0.15) is 0 Å². The Kier molecular flexibility index (Phi) is 7.68. The average Bonchev–Trinajstić information content (AvgIpc) is 1.30. The first-order chi connectivity index (χ1) is 3.06. The van der Waals surface area contributed by atoms with Gasteiger partial charge in [-0.3, -0.25) is 0 Å². The van der Waals surface area contributed by atoms with Gasteiger partial charge in [-0.15, -0.1) is 0 Å². The largest absolute Gasteiger partial charge is 2.00 e. The molecule has 0 fully saturated rings. The minimum absolute atomic E-state index is 0. The second-order valence-corrected chi connectivity index (χ2v) is 1.75. The summed E-state index contributed by atoms with van der Waals surface area (Å²) in [7, 11) is -5.46. The van der Waals surface area contributed by atoms with Crippen LogP contribution in [0.4, 0.5) is 0 Å². The first-order valence-electron chi connectivity index (χ1n) is 1.20. The Hall–Kier alpha value is 1.30. The van der Waals surface area contributed by atoms with Crippen molar-refractivity contribution >= 4 is 60.7 Å². The first kappa shape index (κ1) is 12.0. The van der Waals surface area contributed by atoms with Gasteiger partial charge >= 0.3 is 84.2 Å². The van der Waals surface area contributed by atoms with Gasteiger partial charge in [-0.25, -0.2) is 0 Å². The zero-order valence-corrected chi connectivity index (χ0v) is 8.14. The standard InChI is InChI=1S/BH2O5P.Sr/c2-1-6-7(3,4)5;/h(H2,3,4,5);/q;+2/p-2. The third kappa shape index (κ3) is 10.3. The average molecular weight is 209 g/mol. The smallest absolute Gasteiger partial charge is 2.00 e. The normalized spacial score (nSPS) is 8.75. The van der Waals surface area contributed by atoms with Crippen LogP contribution < -0.4 is 9.79 Å². The molecule has 8 heavy (non-hydrogen) atoms. The molecule has 0 amide bonds. The molecule has 0 unspecified atom stereocenters. The van der Waals surface area contributed by atoms with E-state index in [1.165, 1.54) is 0 Å². The zero-order valence-electron chi connectivity index (χ0n) is 3.77. The van der Waals surface area contributed by atoms with E-state index in [-0.39, 0.29) is 45.5 Å². The Balaban J connectivity index is 0. The predicted molar refractivity (Wildman–Crippen MR) is 20.9 cm³/mol. The van der Waals surface area contributed by atoms with Crippen LogP contribution in [0.3, 0.4) is 0 Å². The van der Waals surface area contributed by atoms with E-state index in [0.29, 0.717) is 0 Å². The van der Waals surface area contributed by atoms with Crippen LogP contribution >= 0.6 is 7.82 Å². The molecule has 0 aliphatic carbocycles. The molecule has 0 saturated heterocycles. The molecule has 0 saturated carbocycles. The summed E-state index contributed by atoms with van der Waals surface area (Å²) in [6.45, 7) is 0. The van der Waals surface area contributed by atoms with Crippen molar-refractivity contribution < 1.29 is 23.5 Å². The van der Waals surface area contributed by atoms with E-state index in [2.05, 4.69) is 4.44 Å². The van der Waals surface area contributed by atoms with Crippen molar-refractivity contribution in [1.82, 2.24) is 0 Å². The number of phosphoric acid groups is 1. The molecule has 5 nitrogen and oxygen atoms in total. The molecule has 0 N–H and O–H groups in total. The summed E-state index contributed by atoms with van der Waals surface area (Å²) in [6.07, 6.45) is 0. The molecule has 0 bridgehead atoms. The Morgan fingerprint density at radius 1 is 1.50 bits per heavy atom. The first-order valence-corrected chi connectivity index (χ1v) is 2.66. The Bertz CT molecular complexity index is 105. The van der Waals surface area contributed by atoms with Crippen molar-refractivity contribution in [2.75, 3.05) is 0 Å². The van der Waals surface area contributed by atoms with E-state index >= 15 is 0 Å². The maximum atomic E-state index is 9.25. The molecular formula is BO5PSr. The third-order valence-electron chi connectivity index (χ3n) is 0.172. The molecule has 0 atom stereocenters. The summed E-state index contributed by atoms with van der Waals surface area (Å²) in [5.41, 5.74) is 0. The van der Waals surface area contributed by atoms with Crippen molar-refractivity contribution in [2.24, 2.45) is 0 Å². The van der Waals surface area contributed by atoms with Crippen LogP contribution in [-0.4, -0.2) is 52.8 Å². The van der Waals surface area contributed by atoms with Crippen LogP contribution in [0.1, 0.15) is 0 Å². The van der Waals surface area contributed by atoms with Crippen molar-refractivity contribution in [2.45, 2.75) is 0 Å². The molecule has 8 heteroatoms. The van der Waals surface area contributed by atoms with Crippen molar-refractivity contribution in [1.29, 1.82) is 0 Å². The number of hydrogen-bond acceptors (Lipinski definition) is 5. The summed E-state index contributed by atoms with van der Waals surface area (Å²) in [5, 5.41) is 0. The van der Waals surface area contributed by atoms with Gasteiger partial charge in [0.2, 0.25) is 0 Å². The minimum Gasteiger partial charge on any atom is 2.00 e. The van der Waals surface area contributed by atoms with Crippen molar-refractivity contribution in [3.05, 3.63) is 0 Å². The second-order valence-electron chi connectivity index (χ2n) is 0.649. The molecule has 0 aliphatic rings. The van der Waals surface area contributed by atoms with Gasteiger partial charge in [0, 0.05) is 0 Å². The fraction of sp³-hybridized carbons (Fsp3) is 0. The topological polar surface area (TPSA) is 89.5 Å². The van der Waals surface area contributed by atoms with Crippen molar-refractivity contribution in [3.63, 3.8) is 0 Å². The summed E-state index contributed by atoms with van der Waals surface area (Å²) >= 11 is 0. The quantitative estimate of drug-likeness (QED) is 0.368. The van der Waals surface area contributed by atoms with Crippen LogP contribution in [0.2, 0.25) is 0 Å². The summed E-state index contributed by atoms with van der Waals surface area (Å²) < 4.78 is 21.3. The van der Waals surface area contributed by atoms with Gasteiger partial charge in [-0.1, -0.05) is 0 Å². The van der Waals surface area contributed by atoms with Gasteiger partial charge in [-0.05, 0) is 0 Å². The second kappa shape index (κ2) is 5.11. The van der Waals surface area contributed by atoms with Crippen LogP contribution in [0.15, 0.2) is 0 Å².